The van der Waals surface area contributed by atoms with Crippen molar-refractivity contribution in [1.29, 1.82) is 0 Å². The van der Waals surface area contributed by atoms with Crippen molar-refractivity contribution in [3.8, 4) is 17.2 Å². The molecule has 0 saturated carbocycles. The Hall–Kier alpha value is 0.543. The van der Waals surface area contributed by atoms with Crippen LogP contribution in [-0.4, -0.2) is 48.4 Å². The second kappa shape index (κ2) is 10.0. The van der Waals surface area contributed by atoms with Crippen molar-refractivity contribution in [3.05, 3.63) is 46.6 Å². The number of phenolic OH excluding ortho intramolecular Hbond substituents is 1. The number of hydrogen-bond acceptors (Lipinski definition) is 4. The molecular formula is C15H15BiI3NO4. The molecule has 9 heteroatoms. The number of carbonyl (C=O) groups is 1. The number of nitrogens with two attached hydrogens (primary N) is 1. The molecule has 0 spiro atoms. The van der Waals surface area contributed by atoms with E-state index in [1.54, 1.807) is 24.3 Å². The molecule has 24 heavy (non-hydrogen) atoms. The van der Waals surface area contributed by atoms with E-state index in [2.05, 4.69) is 67.8 Å². The molecule has 5 nitrogen and oxygen atoms in total. The normalized spacial score (nSPS) is 11.5. The fraction of sp³-hybridized carbons (Fsp3) is 0.133. The van der Waals surface area contributed by atoms with E-state index in [-0.39, 0.29) is 38.4 Å². The number of phenols is 1. The second-order valence-corrected chi connectivity index (χ2v) is 8.04. The van der Waals surface area contributed by atoms with Gasteiger partial charge in [-0.05, 0) is 110 Å². The van der Waals surface area contributed by atoms with Gasteiger partial charge in [-0.3, -0.25) is 4.79 Å². The van der Waals surface area contributed by atoms with Crippen LogP contribution in [0.1, 0.15) is 5.56 Å². The number of ether oxygens (including phenoxy) is 1. The summed E-state index contributed by atoms with van der Waals surface area (Å²) >= 11 is 6.51. The molecule has 1 atom stereocenters. The Kier molecular flexibility index (Phi) is 9.44. The summed E-state index contributed by atoms with van der Waals surface area (Å²) < 4.78 is 8.60. The van der Waals surface area contributed by atoms with Crippen LogP contribution in [0.3, 0.4) is 0 Å². The van der Waals surface area contributed by atoms with Crippen LogP contribution in [0, 0.1) is 10.7 Å². The Morgan fingerprint density at radius 1 is 1.17 bits per heavy atom. The molecule has 2 aromatic carbocycles. The summed E-state index contributed by atoms with van der Waals surface area (Å²) in [6, 6.07) is 7.44. The molecule has 2 rings (SSSR count). The Labute approximate surface area is 199 Å². The molecular weight excluding hydrogens is 848 g/mol. The first-order valence-electron chi connectivity index (χ1n) is 6.41. The predicted molar refractivity (Wildman–Crippen MR) is 122 cm³/mol. The standard InChI is InChI=1S/C15H12I3NO4.Bi.3H/c16-10-5-7(6-11(19)15(21)22)12(17)13(18)14(10)23-9-3-1-8(20)2-4-9;;;;/h1-5,11,20H,6,19H2,(H,21,22);;;;. The number of aromatic hydroxyl groups is 1. The maximum atomic E-state index is 10.9. The zero-order chi connectivity index (χ0) is 17.1. The summed E-state index contributed by atoms with van der Waals surface area (Å²) in [6.07, 6.45) is 0.263. The molecule has 0 aliphatic carbocycles. The fourth-order valence-electron chi connectivity index (χ4n) is 1.83. The summed E-state index contributed by atoms with van der Waals surface area (Å²) in [5, 5.41) is 18.3. The molecule has 2 aromatic rings. The number of carboxylic acids is 1. The third-order valence-electron chi connectivity index (χ3n) is 3.01. The number of carboxylic acid groups (broad SMARTS) is 1. The van der Waals surface area contributed by atoms with Gasteiger partial charge in [0.1, 0.15) is 17.5 Å². The first kappa shape index (κ1) is 22.6. The van der Waals surface area contributed by atoms with E-state index in [0.29, 0.717) is 11.5 Å². The van der Waals surface area contributed by atoms with Crippen LogP contribution in [0.2, 0.25) is 0 Å². The topological polar surface area (TPSA) is 92.8 Å². The molecule has 4 N–H and O–H groups in total. The van der Waals surface area contributed by atoms with E-state index in [0.717, 1.165) is 16.3 Å². The van der Waals surface area contributed by atoms with Crippen LogP contribution in [-0.2, 0) is 11.2 Å². The van der Waals surface area contributed by atoms with Gasteiger partial charge in [-0.25, -0.2) is 0 Å². The molecule has 0 fully saturated rings. The summed E-state index contributed by atoms with van der Waals surface area (Å²) in [7, 11) is 0. The first-order valence-corrected chi connectivity index (χ1v) is 9.65. The van der Waals surface area contributed by atoms with Gasteiger partial charge < -0.3 is 20.7 Å². The van der Waals surface area contributed by atoms with Crippen LogP contribution >= 0.6 is 67.8 Å². The Morgan fingerprint density at radius 2 is 1.75 bits per heavy atom. The van der Waals surface area contributed by atoms with E-state index in [9.17, 15) is 9.90 Å². The molecule has 1 unspecified atom stereocenters. The van der Waals surface area contributed by atoms with Gasteiger partial charge in [0.25, 0.3) is 0 Å². The number of hydrogen-bond donors (Lipinski definition) is 3. The second-order valence-electron chi connectivity index (χ2n) is 4.72. The Morgan fingerprint density at radius 3 is 2.29 bits per heavy atom. The average molecular weight is 863 g/mol. The molecule has 0 aliphatic rings. The quantitative estimate of drug-likeness (QED) is 0.245. The van der Waals surface area contributed by atoms with Crippen LogP contribution < -0.4 is 10.5 Å². The third kappa shape index (κ3) is 5.78. The van der Waals surface area contributed by atoms with Gasteiger partial charge in [-0.2, -0.15) is 0 Å². The zero-order valence-electron chi connectivity index (χ0n) is 12.3. The van der Waals surface area contributed by atoms with Gasteiger partial charge in [0, 0.05) is 3.57 Å². The van der Waals surface area contributed by atoms with Crippen molar-refractivity contribution in [2.24, 2.45) is 5.73 Å². The van der Waals surface area contributed by atoms with Crippen LogP contribution in [0.4, 0.5) is 0 Å². The van der Waals surface area contributed by atoms with Crippen molar-refractivity contribution in [2.45, 2.75) is 12.5 Å². The van der Waals surface area contributed by atoms with E-state index < -0.39 is 12.0 Å². The number of rotatable bonds is 5. The average Bonchev–Trinajstić information content (AvgIpc) is 2.50. The summed E-state index contributed by atoms with van der Waals surface area (Å²) in [6.45, 7) is 0. The molecule has 0 aromatic heterocycles. The summed E-state index contributed by atoms with van der Waals surface area (Å²) in [5.74, 6) is 0.475. The van der Waals surface area contributed by atoms with Crippen molar-refractivity contribution < 1.29 is 19.7 Å². The number of halogens is 3. The van der Waals surface area contributed by atoms with Crippen molar-refractivity contribution in [3.63, 3.8) is 0 Å². The van der Waals surface area contributed by atoms with Gasteiger partial charge in [-0.1, -0.05) is 0 Å². The molecule has 0 aliphatic heterocycles. The van der Waals surface area contributed by atoms with Gasteiger partial charge in [0.2, 0.25) is 0 Å². The predicted octanol–water partition coefficient (Wildman–Crippen LogP) is 2.77. The van der Waals surface area contributed by atoms with Crippen molar-refractivity contribution >= 4 is 99.9 Å². The van der Waals surface area contributed by atoms with Gasteiger partial charge in [0.15, 0.2) is 5.75 Å². The fourth-order valence-corrected chi connectivity index (χ4v) is 4.47. The molecule has 0 bridgehead atoms. The molecule has 0 saturated heterocycles. The van der Waals surface area contributed by atoms with Gasteiger partial charge in [-0.15, -0.1) is 0 Å². The minimum atomic E-state index is -1.02. The Bertz CT molecular complexity index is 740. The minimum absolute atomic E-state index is 0. The third-order valence-corrected chi connectivity index (χ3v) is 7.10. The van der Waals surface area contributed by atoms with Crippen molar-refractivity contribution in [1.82, 2.24) is 0 Å². The van der Waals surface area contributed by atoms with Crippen molar-refractivity contribution in [2.75, 3.05) is 0 Å². The molecule has 130 valence electrons. The number of benzene rings is 2. The summed E-state index contributed by atoms with van der Waals surface area (Å²) in [4.78, 5) is 10.9. The zero-order valence-corrected chi connectivity index (χ0v) is 24.3. The summed E-state index contributed by atoms with van der Waals surface area (Å²) in [5.41, 5.74) is 6.51. The van der Waals surface area contributed by atoms with E-state index >= 15 is 0 Å². The molecule has 0 amide bonds. The van der Waals surface area contributed by atoms with Gasteiger partial charge >= 0.3 is 32.2 Å². The molecule has 0 radical (unpaired) electrons. The van der Waals surface area contributed by atoms with E-state index in [1.807, 2.05) is 6.07 Å². The van der Waals surface area contributed by atoms with Crippen LogP contribution in [0.5, 0.6) is 17.2 Å². The van der Waals surface area contributed by atoms with Crippen LogP contribution in [0.25, 0.3) is 0 Å². The maximum absolute atomic E-state index is 10.9. The molecule has 0 heterocycles. The monoisotopic (exact) mass is 863 g/mol. The van der Waals surface area contributed by atoms with Crippen LogP contribution in [0.15, 0.2) is 30.3 Å². The SMILES string of the molecule is NC(Cc1cc(I)c(Oc2ccc(O)cc2)c(I)c1I)C(=O)O.[BiH3]. The Balaban J connectivity index is 0.00000288. The number of aliphatic carboxylic acids is 1. The first-order chi connectivity index (χ1) is 10.8. The van der Waals surface area contributed by atoms with E-state index in [4.69, 9.17) is 15.6 Å². The van der Waals surface area contributed by atoms with E-state index in [1.165, 1.54) is 0 Å². The van der Waals surface area contributed by atoms with Gasteiger partial charge in [0.05, 0.1) is 7.14 Å².